The minimum atomic E-state index is -1.05. The van der Waals surface area contributed by atoms with Crippen LogP contribution in [0.2, 0.25) is 0 Å². The van der Waals surface area contributed by atoms with E-state index in [4.69, 9.17) is 4.74 Å². The smallest absolute Gasteiger partial charge is 0.233 e. The molecule has 4 heterocycles. The van der Waals surface area contributed by atoms with E-state index >= 15 is 0 Å². The maximum absolute atomic E-state index is 14.7. The first kappa shape index (κ1) is 18.1. The second-order valence-electron chi connectivity index (χ2n) is 7.67. The van der Waals surface area contributed by atoms with Gasteiger partial charge in [0.05, 0.1) is 17.7 Å². The van der Waals surface area contributed by atoms with Crippen molar-refractivity contribution in [1.29, 1.82) is 0 Å². The Hall–Kier alpha value is -3.00. The van der Waals surface area contributed by atoms with Crippen LogP contribution in [0.15, 0.2) is 49.1 Å². The zero-order valence-electron chi connectivity index (χ0n) is 15.8. The van der Waals surface area contributed by atoms with Gasteiger partial charge in [-0.1, -0.05) is 6.42 Å². The Labute approximate surface area is 167 Å². The zero-order valence-corrected chi connectivity index (χ0v) is 15.8. The number of fused-ring (bicyclic) bond motifs is 2. The summed E-state index contributed by atoms with van der Waals surface area (Å²) < 4.78 is 22.3. The fourth-order valence-electron chi connectivity index (χ4n) is 4.26. The molecule has 0 aliphatic carbocycles. The fraction of sp³-hybridized carbons (Fsp3) is 0.381. The second-order valence-corrected chi connectivity index (χ2v) is 7.67. The number of alkyl halides is 1. The van der Waals surface area contributed by atoms with E-state index in [2.05, 4.69) is 20.5 Å². The number of piperidine rings is 2. The number of hydrogen-bond donors (Lipinski definition) is 2. The number of rotatable bonds is 4. The molecule has 2 aliphatic heterocycles. The minimum Gasteiger partial charge on any atom is -0.507 e. The number of imidazole rings is 1. The third kappa shape index (κ3) is 3.55. The lowest BCUT2D eigenvalue weighted by atomic mass is 9.84. The van der Waals surface area contributed by atoms with E-state index in [0.717, 1.165) is 24.9 Å². The van der Waals surface area contributed by atoms with Gasteiger partial charge < -0.3 is 19.7 Å². The lowest BCUT2D eigenvalue weighted by molar-refractivity contribution is 0.00652. The van der Waals surface area contributed by atoms with Gasteiger partial charge in [-0.25, -0.2) is 9.37 Å². The van der Waals surface area contributed by atoms with Crippen molar-refractivity contribution in [2.45, 2.75) is 50.0 Å². The molecule has 5 rings (SSSR count). The van der Waals surface area contributed by atoms with E-state index in [1.807, 2.05) is 6.07 Å². The van der Waals surface area contributed by atoms with Crippen LogP contribution < -0.4 is 10.1 Å². The average molecular weight is 395 g/mol. The topological polar surface area (TPSA) is 85.1 Å². The molecule has 0 saturated carbocycles. The summed E-state index contributed by atoms with van der Waals surface area (Å²) in [6, 6.07) is 8.87. The van der Waals surface area contributed by atoms with E-state index < -0.39 is 12.3 Å². The van der Waals surface area contributed by atoms with Crippen molar-refractivity contribution in [3.05, 3.63) is 49.1 Å². The number of nitrogens with zero attached hydrogens (tertiary/aromatic N) is 4. The summed E-state index contributed by atoms with van der Waals surface area (Å²) in [5.41, 5.74) is 1.88. The first-order valence-electron chi connectivity index (χ1n) is 9.89. The predicted octanol–water partition coefficient (Wildman–Crippen LogP) is 3.03. The lowest BCUT2D eigenvalue weighted by Gasteiger charge is -2.42. The molecule has 2 bridgehead atoms. The van der Waals surface area contributed by atoms with Crippen LogP contribution >= 0.6 is 0 Å². The highest BCUT2D eigenvalue weighted by molar-refractivity contribution is 5.68. The van der Waals surface area contributed by atoms with Crippen molar-refractivity contribution in [3.63, 3.8) is 0 Å². The summed E-state index contributed by atoms with van der Waals surface area (Å²) in [5, 5.41) is 22.0. The van der Waals surface area contributed by atoms with Gasteiger partial charge in [-0.15, -0.1) is 10.2 Å². The first-order valence-corrected chi connectivity index (χ1v) is 9.89. The highest BCUT2D eigenvalue weighted by Gasteiger charge is 2.41. The molecule has 2 aliphatic rings. The molecule has 2 aromatic heterocycles. The molecule has 2 N–H and O–H groups in total. The molecule has 29 heavy (non-hydrogen) atoms. The molecule has 3 aromatic rings. The van der Waals surface area contributed by atoms with Gasteiger partial charge in [-0.2, -0.15) is 0 Å². The molecule has 2 fully saturated rings. The second kappa shape index (κ2) is 7.44. The summed E-state index contributed by atoms with van der Waals surface area (Å²) >= 11 is 0. The molecule has 7 nitrogen and oxygen atoms in total. The van der Waals surface area contributed by atoms with Gasteiger partial charge in [0.1, 0.15) is 11.9 Å². The van der Waals surface area contributed by atoms with Gasteiger partial charge in [-0.05, 0) is 31.0 Å². The van der Waals surface area contributed by atoms with Crippen molar-refractivity contribution >= 4 is 0 Å². The number of nitrogens with one attached hydrogen (secondary N) is 1. The van der Waals surface area contributed by atoms with E-state index in [0.29, 0.717) is 29.6 Å². The SMILES string of the molecule is Oc1cc(-n2ccnc2)ccc1-c1ccc(O[C@@H]2C[C@H]3CCC[C@H](N3)[C@H]2F)nn1. The summed E-state index contributed by atoms with van der Waals surface area (Å²) in [6.07, 6.45) is 7.18. The molecule has 2 saturated heterocycles. The third-order valence-electron chi connectivity index (χ3n) is 5.75. The number of benzene rings is 1. The molecule has 0 spiro atoms. The normalized spacial score (nSPS) is 26.2. The number of phenolic OH excluding ortho intramolecular Hbond substituents is 1. The number of phenols is 1. The molecule has 0 amide bonds. The summed E-state index contributed by atoms with van der Waals surface area (Å²) in [5.74, 6) is 0.394. The van der Waals surface area contributed by atoms with Crippen molar-refractivity contribution in [2.75, 3.05) is 0 Å². The number of ether oxygens (including phenoxy) is 1. The molecule has 8 heteroatoms. The van der Waals surface area contributed by atoms with E-state index in [1.165, 1.54) is 0 Å². The van der Waals surface area contributed by atoms with Crippen LogP contribution in [-0.2, 0) is 0 Å². The van der Waals surface area contributed by atoms with E-state index in [9.17, 15) is 9.50 Å². The molecule has 1 aromatic carbocycles. The quantitative estimate of drug-likeness (QED) is 0.706. The zero-order chi connectivity index (χ0) is 19.8. The maximum atomic E-state index is 14.7. The Balaban J connectivity index is 1.31. The number of halogens is 1. The van der Waals surface area contributed by atoms with Gasteiger partial charge in [0, 0.05) is 48.6 Å². The van der Waals surface area contributed by atoms with Crippen LogP contribution in [0.4, 0.5) is 4.39 Å². The number of aromatic hydroxyl groups is 1. The van der Waals surface area contributed by atoms with Crippen LogP contribution in [-0.4, -0.2) is 49.2 Å². The lowest BCUT2D eigenvalue weighted by Crippen LogP contribution is -2.59. The van der Waals surface area contributed by atoms with Crippen molar-refractivity contribution in [2.24, 2.45) is 0 Å². The minimum absolute atomic E-state index is 0.0918. The summed E-state index contributed by atoms with van der Waals surface area (Å²) in [4.78, 5) is 4.00. The molecule has 0 unspecified atom stereocenters. The molecule has 150 valence electrons. The molecular formula is C21H22FN5O2. The monoisotopic (exact) mass is 395 g/mol. The highest BCUT2D eigenvalue weighted by atomic mass is 19.1. The Morgan fingerprint density at radius 2 is 2.10 bits per heavy atom. The van der Waals surface area contributed by atoms with Gasteiger partial charge in [0.25, 0.3) is 0 Å². The van der Waals surface area contributed by atoms with E-state index in [1.54, 1.807) is 47.6 Å². The Bertz CT molecular complexity index is 979. The Kier molecular flexibility index (Phi) is 4.63. The third-order valence-corrected chi connectivity index (χ3v) is 5.75. The van der Waals surface area contributed by atoms with Crippen LogP contribution in [0.5, 0.6) is 11.6 Å². The van der Waals surface area contributed by atoms with Crippen LogP contribution in [0.25, 0.3) is 16.9 Å². The van der Waals surface area contributed by atoms with Crippen LogP contribution in [0, 0.1) is 0 Å². The average Bonchev–Trinajstić information content (AvgIpc) is 3.28. The number of aromatic nitrogens is 4. The van der Waals surface area contributed by atoms with Gasteiger partial charge >= 0.3 is 0 Å². The Morgan fingerprint density at radius 1 is 1.17 bits per heavy atom. The number of hydrogen-bond acceptors (Lipinski definition) is 6. The Morgan fingerprint density at radius 3 is 2.86 bits per heavy atom. The van der Waals surface area contributed by atoms with Crippen molar-refractivity contribution < 1.29 is 14.2 Å². The van der Waals surface area contributed by atoms with Gasteiger partial charge in [-0.3, -0.25) is 0 Å². The standard InChI is InChI=1S/C21H22FN5O2/c22-21-17-3-1-2-13(24-17)10-19(21)29-20-7-6-16(25-26-20)15-5-4-14(11-18(15)28)27-9-8-23-12-27/h4-9,11-13,17,19,21,24,28H,1-3,10H2/t13-,17+,19-,21-/m1/s1. The fourth-order valence-corrected chi connectivity index (χ4v) is 4.26. The van der Waals surface area contributed by atoms with Crippen LogP contribution in [0.3, 0.4) is 0 Å². The van der Waals surface area contributed by atoms with Gasteiger partial charge in [0.2, 0.25) is 5.88 Å². The summed E-state index contributed by atoms with van der Waals surface area (Å²) in [6.45, 7) is 0. The predicted molar refractivity (Wildman–Crippen MR) is 105 cm³/mol. The maximum Gasteiger partial charge on any atom is 0.233 e. The highest BCUT2D eigenvalue weighted by Crippen LogP contribution is 2.32. The molecular weight excluding hydrogens is 373 g/mol. The largest absolute Gasteiger partial charge is 0.507 e. The first-order chi connectivity index (χ1) is 14.2. The van der Waals surface area contributed by atoms with E-state index in [-0.39, 0.29) is 11.8 Å². The summed E-state index contributed by atoms with van der Waals surface area (Å²) in [7, 11) is 0. The van der Waals surface area contributed by atoms with Gasteiger partial charge in [0.15, 0.2) is 6.17 Å². The van der Waals surface area contributed by atoms with Crippen LogP contribution in [0.1, 0.15) is 25.7 Å². The molecule has 4 atom stereocenters. The van der Waals surface area contributed by atoms with Crippen molar-refractivity contribution in [1.82, 2.24) is 25.1 Å². The van der Waals surface area contributed by atoms with Crippen molar-refractivity contribution in [3.8, 4) is 28.6 Å². The molecule has 0 radical (unpaired) electrons.